The molecular formula is C29H50NO7S-. The van der Waals surface area contributed by atoms with E-state index in [1.165, 1.54) is 0 Å². The van der Waals surface area contributed by atoms with Crippen LogP contribution in [-0.4, -0.2) is 64.3 Å². The van der Waals surface area contributed by atoms with Crippen LogP contribution in [-0.2, 0) is 14.9 Å². The monoisotopic (exact) mass is 556 g/mol. The number of hydrogen-bond donors (Lipinski definition) is 4. The van der Waals surface area contributed by atoms with E-state index >= 15 is 0 Å². The van der Waals surface area contributed by atoms with Gasteiger partial charge in [0.05, 0.1) is 34.2 Å². The molecule has 0 aromatic rings. The smallest absolute Gasteiger partial charge is 0.220 e. The summed E-state index contributed by atoms with van der Waals surface area (Å²) in [5.74, 6) is 0.305. The van der Waals surface area contributed by atoms with Gasteiger partial charge in [-0.2, -0.15) is 0 Å². The minimum atomic E-state index is -4.44. The molecule has 8 nitrogen and oxygen atoms in total. The van der Waals surface area contributed by atoms with Gasteiger partial charge >= 0.3 is 0 Å². The number of amides is 1. The highest BCUT2D eigenvalue weighted by Crippen LogP contribution is 2.68. The number of rotatable bonds is 8. The molecule has 0 aliphatic heterocycles. The third-order valence-electron chi connectivity index (χ3n) is 11.9. The van der Waals surface area contributed by atoms with Gasteiger partial charge < -0.3 is 25.2 Å². The summed E-state index contributed by atoms with van der Waals surface area (Å²) >= 11 is 0. The van der Waals surface area contributed by atoms with Gasteiger partial charge in [-0.05, 0) is 104 Å². The fourth-order valence-electron chi connectivity index (χ4n) is 9.59. The lowest BCUT2D eigenvalue weighted by Crippen LogP contribution is -2.62. The van der Waals surface area contributed by atoms with Crippen molar-refractivity contribution in [3.05, 3.63) is 0 Å². The third kappa shape index (κ3) is 5.56. The highest BCUT2D eigenvalue weighted by molar-refractivity contribution is 7.85. The van der Waals surface area contributed by atoms with Gasteiger partial charge in [-0.25, -0.2) is 8.42 Å². The number of hydrogen-bond acceptors (Lipinski definition) is 7. The highest BCUT2D eigenvalue weighted by Gasteiger charge is 2.65. The van der Waals surface area contributed by atoms with Gasteiger partial charge in [0.2, 0.25) is 5.91 Å². The molecule has 9 heteroatoms. The summed E-state index contributed by atoms with van der Waals surface area (Å²) in [5, 5.41) is 36.2. The highest BCUT2D eigenvalue weighted by atomic mass is 32.2. The second-order valence-corrected chi connectivity index (χ2v) is 15.6. The summed E-state index contributed by atoms with van der Waals surface area (Å²) in [4.78, 5) is 12.7. The van der Waals surface area contributed by atoms with E-state index in [1.807, 2.05) is 0 Å². The molecule has 38 heavy (non-hydrogen) atoms. The Hall–Kier alpha value is -0.740. The van der Waals surface area contributed by atoms with Crippen LogP contribution in [0.15, 0.2) is 0 Å². The molecule has 0 aromatic carbocycles. The average Bonchev–Trinajstić information content (AvgIpc) is 3.16. The first kappa shape index (κ1) is 30.2. The van der Waals surface area contributed by atoms with Crippen molar-refractivity contribution >= 4 is 16.0 Å². The van der Waals surface area contributed by atoms with Crippen molar-refractivity contribution in [1.82, 2.24) is 5.32 Å². The van der Waals surface area contributed by atoms with Crippen LogP contribution in [0.4, 0.5) is 0 Å². The molecule has 0 aromatic heterocycles. The predicted octanol–water partition coefficient (Wildman–Crippen LogP) is 3.05. The molecule has 4 aliphatic rings. The van der Waals surface area contributed by atoms with Gasteiger partial charge in [-0.3, -0.25) is 4.79 Å². The summed E-state index contributed by atoms with van der Waals surface area (Å²) in [6, 6.07) is -0.704. The number of fused-ring (bicyclic) bond motifs is 5. The van der Waals surface area contributed by atoms with Gasteiger partial charge in [0.1, 0.15) is 0 Å². The van der Waals surface area contributed by atoms with Gasteiger partial charge in [0.15, 0.2) is 0 Å². The molecule has 4 aliphatic carbocycles. The van der Waals surface area contributed by atoms with E-state index < -0.39 is 34.1 Å². The molecule has 1 amide bonds. The molecule has 0 radical (unpaired) electrons. The van der Waals surface area contributed by atoms with Crippen molar-refractivity contribution < 1.29 is 33.1 Å². The maximum Gasteiger partial charge on any atom is 0.220 e. The standard InChI is InChI=1S/C29H51NO7S/c1-16(2)23(15-38(35,36)37)30-26(34)9-6-17(3)20-7-8-21-27-22(14-25(33)29(20,21)5)28(4)11-10-19(31)12-18(28)13-24(27)32/h16-25,27,31-33H,6-15H2,1-5H3,(H,30,34)(H,35,36,37)/p-1/t17-,18+,19-,20-,21+,22+,23+,24-,25+,27+,28+,29-/m1/s1. The number of aliphatic hydroxyl groups excluding tert-OH is 3. The van der Waals surface area contributed by atoms with Crippen molar-refractivity contribution in [2.24, 2.45) is 52.3 Å². The Labute approximate surface area is 229 Å². The molecule has 4 fully saturated rings. The van der Waals surface area contributed by atoms with Gasteiger partial charge in [-0.1, -0.05) is 34.6 Å². The summed E-state index contributed by atoms with van der Waals surface area (Å²) < 4.78 is 33.7. The lowest BCUT2D eigenvalue weighted by atomic mass is 9.43. The SMILES string of the molecule is CC(C)[C@H](CS(=O)(=O)[O-])NC(=O)CC[C@@H](C)[C@H]1CC[C@H]2[C@@H]3[C@H](O)C[C@@H]4C[C@H](O)CC[C@]4(C)[C@H]3C[C@H](O)[C@]12C. The topological polar surface area (TPSA) is 147 Å². The maximum atomic E-state index is 12.7. The summed E-state index contributed by atoms with van der Waals surface area (Å²) in [7, 11) is -4.44. The zero-order chi connectivity index (χ0) is 28.2. The van der Waals surface area contributed by atoms with Crippen LogP contribution in [0, 0.1) is 52.3 Å². The van der Waals surface area contributed by atoms with E-state index in [0.29, 0.717) is 18.8 Å². The largest absolute Gasteiger partial charge is 0.748 e. The zero-order valence-corrected chi connectivity index (χ0v) is 24.6. The molecule has 0 unspecified atom stereocenters. The van der Waals surface area contributed by atoms with Crippen molar-refractivity contribution in [3.63, 3.8) is 0 Å². The Morgan fingerprint density at radius 3 is 2.34 bits per heavy atom. The fourth-order valence-corrected chi connectivity index (χ4v) is 10.5. The molecule has 4 saturated carbocycles. The summed E-state index contributed by atoms with van der Waals surface area (Å²) in [5.41, 5.74) is -0.287. The van der Waals surface area contributed by atoms with E-state index in [-0.39, 0.29) is 64.8 Å². The van der Waals surface area contributed by atoms with E-state index in [0.717, 1.165) is 38.5 Å². The third-order valence-corrected chi connectivity index (χ3v) is 12.6. The summed E-state index contributed by atoms with van der Waals surface area (Å²) in [6.07, 6.45) is 5.51. The second kappa shape index (κ2) is 10.9. The van der Waals surface area contributed by atoms with E-state index in [1.54, 1.807) is 13.8 Å². The minimum absolute atomic E-state index is 0.0394. The normalized spacial score (nSPS) is 44.6. The molecule has 0 bridgehead atoms. The first-order chi connectivity index (χ1) is 17.6. The number of aliphatic hydroxyl groups is 3. The molecule has 4 N–H and O–H groups in total. The zero-order valence-electron chi connectivity index (χ0n) is 23.8. The second-order valence-electron chi connectivity index (χ2n) is 14.2. The van der Waals surface area contributed by atoms with Crippen LogP contribution < -0.4 is 5.32 Å². The molecule has 4 rings (SSSR count). The number of carbonyl (C=O) groups excluding carboxylic acids is 1. The van der Waals surface area contributed by atoms with Crippen molar-refractivity contribution in [2.75, 3.05) is 5.75 Å². The van der Waals surface area contributed by atoms with E-state index in [4.69, 9.17) is 0 Å². The Morgan fingerprint density at radius 2 is 1.71 bits per heavy atom. The van der Waals surface area contributed by atoms with Crippen LogP contribution in [0.5, 0.6) is 0 Å². The molecule has 12 atom stereocenters. The predicted molar refractivity (Wildman–Crippen MR) is 144 cm³/mol. The number of nitrogens with one attached hydrogen (secondary N) is 1. The van der Waals surface area contributed by atoms with Crippen LogP contribution >= 0.6 is 0 Å². The van der Waals surface area contributed by atoms with Crippen LogP contribution in [0.2, 0.25) is 0 Å². The Morgan fingerprint density at radius 1 is 1.03 bits per heavy atom. The Balaban J connectivity index is 1.44. The van der Waals surface area contributed by atoms with Crippen molar-refractivity contribution in [2.45, 2.75) is 117 Å². The van der Waals surface area contributed by atoms with Crippen LogP contribution in [0.3, 0.4) is 0 Å². The van der Waals surface area contributed by atoms with E-state index in [2.05, 4.69) is 26.1 Å². The molecular weight excluding hydrogens is 506 g/mol. The lowest BCUT2D eigenvalue weighted by Gasteiger charge is -2.63. The molecule has 220 valence electrons. The van der Waals surface area contributed by atoms with Crippen molar-refractivity contribution in [1.29, 1.82) is 0 Å². The molecule has 0 saturated heterocycles. The summed E-state index contributed by atoms with van der Waals surface area (Å²) in [6.45, 7) is 10.2. The van der Waals surface area contributed by atoms with Gasteiger partial charge in [0, 0.05) is 12.5 Å². The first-order valence-electron chi connectivity index (χ1n) is 14.8. The minimum Gasteiger partial charge on any atom is -0.748 e. The Bertz CT molecular complexity index is 972. The molecule has 0 spiro atoms. The fraction of sp³-hybridized carbons (Fsp3) is 0.966. The Kier molecular flexibility index (Phi) is 8.68. The first-order valence-corrected chi connectivity index (χ1v) is 16.4. The molecule has 0 heterocycles. The number of carbonyl (C=O) groups is 1. The van der Waals surface area contributed by atoms with Gasteiger partial charge in [0.25, 0.3) is 0 Å². The van der Waals surface area contributed by atoms with Crippen LogP contribution in [0.25, 0.3) is 0 Å². The quantitative estimate of drug-likeness (QED) is 0.336. The van der Waals surface area contributed by atoms with Crippen molar-refractivity contribution in [3.8, 4) is 0 Å². The van der Waals surface area contributed by atoms with Crippen LogP contribution in [0.1, 0.15) is 92.4 Å². The maximum absolute atomic E-state index is 12.7. The van der Waals surface area contributed by atoms with Gasteiger partial charge in [-0.15, -0.1) is 0 Å². The van der Waals surface area contributed by atoms with E-state index in [9.17, 15) is 33.1 Å². The average molecular weight is 557 g/mol. The lowest BCUT2D eigenvalue weighted by molar-refractivity contribution is -0.207.